The Kier molecular flexibility index (Phi) is 5.06. The van der Waals surface area contributed by atoms with Gasteiger partial charge in [0, 0.05) is 24.2 Å². The van der Waals surface area contributed by atoms with Crippen LogP contribution in [0.3, 0.4) is 0 Å². The first-order chi connectivity index (χ1) is 10.1. The molecule has 2 atom stereocenters. The third-order valence-electron chi connectivity index (χ3n) is 4.54. The average molecular weight is 294 g/mol. The van der Waals surface area contributed by atoms with Gasteiger partial charge >= 0.3 is 0 Å². The Bertz CT molecular complexity index is 481. The van der Waals surface area contributed by atoms with Crippen LogP contribution in [0.25, 0.3) is 0 Å². The molecule has 0 aromatic carbocycles. The van der Waals surface area contributed by atoms with Crippen molar-refractivity contribution in [1.82, 2.24) is 4.98 Å². The number of aliphatic hydroxyl groups excluding tert-OH is 2. The maximum absolute atomic E-state index is 10.5. The minimum atomic E-state index is -0.553. The molecule has 0 radical (unpaired) electrons. The molecule has 0 bridgehead atoms. The van der Waals surface area contributed by atoms with Crippen LogP contribution in [0.15, 0.2) is 12.1 Å². The molecule has 1 aliphatic rings. The van der Waals surface area contributed by atoms with E-state index in [1.54, 1.807) is 7.11 Å². The molecule has 2 rings (SSSR count). The number of hydrogen-bond acceptors (Lipinski definition) is 5. The summed E-state index contributed by atoms with van der Waals surface area (Å²) in [7, 11) is 1.63. The van der Waals surface area contributed by atoms with Crippen molar-refractivity contribution in [2.75, 3.05) is 31.7 Å². The van der Waals surface area contributed by atoms with Crippen molar-refractivity contribution in [3.63, 3.8) is 0 Å². The molecule has 118 valence electrons. The summed E-state index contributed by atoms with van der Waals surface area (Å²) in [4.78, 5) is 6.60. The molecule has 5 nitrogen and oxygen atoms in total. The fourth-order valence-corrected chi connectivity index (χ4v) is 3.18. The Hall–Kier alpha value is -1.33. The second-order valence-corrected chi connectivity index (χ2v) is 5.96. The topological polar surface area (TPSA) is 65.8 Å². The summed E-state index contributed by atoms with van der Waals surface area (Å²) in [5.74, 6) is 1.50. The normalized spacial score (nSPS) is 26.0. The number of aliphatic hydroxyl groups is 2. The summed E-state index contributed by atoms with van der Waals surface area (Å²) in [6.07, 6.45) is 2.01. The predicted octanol–water partition coefficient (Wildman–Crippen LogP) is 1.75. The smallest absolute Gasteiger partial charge is 0.171 e. The molecule has 1 aliphatic heterocycles. The van der Waals surface area contributed by atoms with Crippen molar-refractivity contribution in [2.45, 2.75) is 39.2 Å². The van der Waals surface area contributed by atoms with E-state index >= 15 is 0 Å². The van der Waals surface area contributed by atoms with Gasteiger partial charge in [-0.1, -0.05) is 13.3 Å². The number of piperidine rings is 1. The molecule has 0 aliphatic carbocycles. The highest BCUT2D eigenvalue weighted by molar-refractivity contribution is 5.53. The largest absolute Gasteiger partial charge is 0.493 e. The molecular weight excluding hydrogens is 268 g/mol. The minimum absolute atomic E-state index is 0.0359. The molecule has 0 unspecified atom stereocenters. The van der Waals surface area contributed by atoms with Crippen LogP contribution in [0.2, 0.25) is 0 Å². The van der Waals surface area contributed by atoms with Crippen molar-refractivity contribution in [1.29, 1.82) is 0 Å². The zero-order chi connectivity index (χ0) is 15.5. The SMILES string of the molecule is CCC[C@]1(CO)CCN(c2nc(C)ccc2OC)C[C@@H]1O. The Morgan fingerprint density at radius 3 is 2.81 bits per heavy atom. The van der Waals surface area contributed by atoms with Gasteiger partial charge in [0.05, 0.1) is 19.8 Å². The Morgan fingerprint density at radius 2 is 2.24 bits per heavy atom. The number of methoxy groups -OCH3 is 1. The number of anilines is 1. The fraction of sp³-hybridized carbons (Fsp3) is 0.688. The Balaban J connectivity index is 2.21. The van der Waals surface area contributed by atoms with Crippen LogP contribution < -0.4 is 9.64 Å². The van der Waals surface area contributed by atoms with Crippen LogP contribution >= 0.6 is 0 Å². The molecule has 1 aromatic rings. The number of pyridine rings is 1. The monoisotopic (exact) mass is 294 g/mol. The quantitative estimate of drug-likeness (QED) is 0.866. The highest BCUT2D eigenvalue weighted by atomic mass is 16.5. The van der Waals surface area contributed by atoms with Gasteiger partial charge in [-0.05, 0) is 31.9 Å². The summed E-state index contributed by atoms with van der Waals surface area (Å²) in [5, 5.41) is 20.3. The minimum Gasteiger partial charge on any atom is -0.493 e. The van der Waals surface area contributed by atoms with Gasteiger partial charge in [-0.15, -0.1) is 0 Å². The van der Waals surface area contributed by atoms with E-state index in [1.165, 1.54) is 0 Å². The van der Waals surface area contributed by atoms with E-state index in [0.29, 0.717) is 6.54 Å². The molecule has 0 saturated carbocycles. The van der Waals surface area contributed by atoms with Crippen LogP contribution in [-0.4, -0.2) is 48.1 Å². The van der Waals surface area contributed by atoms with Gasteiger partial charge in [0.2, 0.25) is 0 Å². The lowest BCUT2D eigenvalue weighted by Crippen LogP contribution is -2.53. The molecule has 0 amide bonds. The van der Waals surface area contributed by atoms with Crippen molar-refractivity contribution in [3.05, 3.63) is 17.8 Å². The predicted molar refractivity (Wildman–Crippen MR) is 82.8 cm³/mol. The summed E-state index contributed by atoms with van der Waals surface area (Å²) in [5.41, 5.74) is 0.551. The number of rotatable bonds is 5. The van der Waals surface area contributed by atoms with Crippen LogP contribution in [0.5, 0.6) is 5.75 Å². The van der Waals surface area contributed by atoms with E-state index in [4.69, 9.17) is 4.74 Å². The van der Waals surface area contributed by atoms with Crippen LogP contribution in [0.4, 0.5) is 5.82 Å². The summed E-state index contributed by atoms with van der Waals surface area (Å²) in [6, 6.07) is 3.82. The van der Waals surface area contributed by atoms with E-state index in [1.807, 2.05) is 19.1 Å². The van der Waals surface area contributed by atoms with Gasteiger partial charge < -0.3 is 19.8 Å². The number of aromatic nitrogens is 1. The first kappa shape index (κ1) is 16.0. The third kappa shape index (κ3) is 3.14. The van der Waals surface area contributed by atoms with E-state index < -0.39 is 6.10 Å². The lowest BCUT2D eigenvalue weighted by Gasteiger charge is -2.45. The van der Waals surface area contributed by atoms with Gasteiger partial charge in [-0.25, -0.2) is 4.98 Å². The zero-order valence-corrected chi connectivity index (χ0v) is 13.2. The second kappa shape index (κ2) is 6.62. The average Bonchev–Trinajstić information content (AvgIpc) is 2.49. The summed E-state index contributed by atoms with van der Waals surface area (Å²) >= 11 is 0. The van der Waals surface area contributed by atoms with Crippen LogP contribution in [0, 0.1) is 12.3 Å². The molecule has 1 fully saturated rings. The summed E-state index contributed by atoms with van der Waals surface area (Å²) < 4.78 is 5.38. The zero-order valence-electron chi connectivity index (χ0n) is 13.2. The van der Waals surface area contributed by atoms with Crippen LogP contribution in [-0.2, 0) is 0 Å². The van der Waals surface area contributed by atoms with E-state index in [9.17, 15) is 10.2 Å². The number of β-amino-alcohol motifs (C(OH)–C–C–N with tert-alkyl or cyclic N) is 1. The van der Waals surface area contributed by atoms with Gasteiger partial charge in [0.1, 0.15) is 0 Å². The van der Waals surface area contributed by atoms with Crippen molar-refractivity contribution < 1.29 is 14.9 Å². The van der Waals surface area contributed by atoms with Crippen molar-refractivity contribution in [2.24, 2.45) is 5.41 Å². The first-order valence-corrected chi connectivity index (χ1v) is 7.62. The first-order valence-electron chi connectivity index (χ1n) is 7.62. The molecule has 1 aromatic heterocycles. The van der Waals surface area contributed by atoms with E-state index in [-0.39, 0.29) is 12.0 Å². The molecule has 21 heavy (non-hydrogen) atoms. The van der Waals surface area contributed by atoms with Gasteiger partial charge in [0.25, 0.3) is 0 Å². The molecular formula is C16H26N2O3. The number of ether oxygens (including phenoxy) is 1. The molecule has 5 heteroatoms. The molecule has 2 N–H and O–H groups in total. The third-order valence-corrected chi connectivity index (χ3v) is 4.54. The van der Waals surface area contributed by atoms with Gasteiger partial charge in [0.15, 0.2) is 11.6 Å². The fourth-order valence-electron chi connectivity index (χ4n) is 3.18. The molecule has 2 heterocycles. The highest BCUT2D eigenvalue weighted by Gasteiger charge is 2.41. The highest BCUT2D eigenvalue weighted by Crippen LogP contribution is 2.38. The van der Waals surface area contributed by atoms with E-state index in [0.717, 1.165) is 43.1 Å². The maximum Gasteiger partial charge on any atom is 0.171 e. The van der Waals surface area contributed by atoms with Crippen molar-refractivity contribution in [3.8, 4) is 5.75 Å². The van der Waals surface area contributed by atoms with Crippen LogP contribution in [0.1, 0.15) is 31.9 Å². The van der Waals surface area contributed by atoms with Gasteiger partial charge in [-0.2, -0.15) is 0 Å². The van der Waals surface area contributed by atoms with E-state index in [2.05, 4.69) is 16.8 Å². The number of aryl methyl sites for hydroxylation is 1. The number of nitrogens with zero attached hydrogens (tertiary/aromatic N) is 2. The Morgan fingerprint density at radius 1 is 1.48 bits per heavy atom. The summed E-state index contributed by atoms with van der Waals surface area (Å²) in [6.45, 7) is 5.31. The standard InChI is InChI=1S/C16H26N2O3/c1-4-7-16(11-19)8-9-18(10-14(16)20)15-13(21-3)6-5-12(2)17-15/h5-6,14,19-20H,4,7-11H2,1-3H3/t14-,16+/m0/s1. The lowest BCUT2D eigenvalue weighted by molar-refractivity contribution is -0.0372. The molecule has 1 saturated heterocycles. The number of hydrogen-bond donors (Lipinski definition) is 2. The Labute approximate surface area is 126 Å². The van der Waals surface area contributed by atoms with Gasteiger partial charge in [-0.3, -0.25) is 0 Å². The lowest BCUT2D eigenvalue weighted by atomic mass is 9.73. The molecule has 0 spiro atoms. The van der Waals surface area contributed by atoms with Crippen molar-refractivity contribution >= 4 is 5.82 Å². The second-order valence-electron chi connectivity index (χ2n) is 5.96. The maximum atomic E-state index is 10.5.